The molecule has 6 nitrogen and oxygen atoms in total. The van der Waals surface area contributed by atoms with Gasteiger partial charge in [-0.25, -0.2) is 9.67 Å². The van der Waals surface area contributed by atoms with E-state index in [0.717, 1.165) is 0 Å². The minimum absolute atomic E-state index is 0.261. The molecule has 0 spiro atoms. The van der Waals surface area contributed by atoms with Gasteiger partial charge >= 0.3 is 12.1 Å². The zero-order chi connectivity index (χ0) is 19.7. The number of nitrogens with zero attached hydrogens (tertiary/aromatic N) is 3. The predicted molar refractivity (Wildman–Crippen MR) is 91.3 cm³/mol. The van der Waals surface area contributed by atoms with Gasteiger partial charge in [-0.3, -0.25) is 4.79 Å². The Hall–Kier alpha value is -1.84. The summed E-state index contributed by atoms with van der Waals surface area (Å²) >= 11 is 12.3. The van der Waals surface area contributed by atoms with Gasteiger partial charge in [-0.15, -0.1) is 0 Å². The number of aromatic nitrogens is 3. The Labute approximate surface area is 162 Å². The first kappa shape index (κ1) is 19.9. The van der Waals surface area contributed by atoms with Crippen molar-refractivity contribution in [1.82, 2.24) is 20.1 Å². The third kappa shape index (κ3) is 4.53. The molecule has 27 heavy (non-hydrogen) atoms. The molecule has 1 amide bonds. The number of rotatable bonds is 5. The normalized spacial score (nSPS) is 22.8. The summed E-state index contributed by atoms with van der Waals surface area (Å²) in [6.45, 7) is 0.000723. The summed E-state index contributed by atoms with van der Waals surface area (Å²) in [6, 6.07) is 4.95. The molecule has 3 rings (SSSR count). The minimum Gasteiger partial charge on any atom is -0.363 e. The van der Waals surface area contributed by atoms with Crippen LogP contribution in [-0.4, -0.2) is 39.5 Å². The van der Waals surface area contributed by atoms with E-state index in [1.165, 1.54) is 12.7 Å². The molecule has 0 radical (unpaired) electrons. The summed E-state index contributed by atoms with van der Waals surface area (Å²) < 4.78 is 44.8. The van der Waals surface area contributed by atoms with Gasteiger partial charge in [0.1, 0.15) is 18.3 Å². The number of ether oxygens (including phenoxy) is 1. The van der Waals surface area contributed by atoms with Gasteiger partial charge in [-0.1, -0.05) is 29.3 Å². The highest BCUT2D eigenvalue weighted by Crippen LogP contribution is 2.44. The molecule has 2 heterocycles. The van der Waals surface area contributed by atoms with E-state index in [9.17, 15) is 18.0 Å². The molecule has 11 heteroatoms. The Morgan fingerprint density at radius 2 is 2.19 bits per heavy atom. The van der Waals surface area contributed by atoms with Gasteiger partial charge in [-0.2, -0.15) is 18.3 Å². The number of benzene rings is 1. The van der Waals surface area contributed by atoms with Crippen molar-refractivity contribution in [1.29, 1.82) is 0 Å². The van der Waals surface area contributed by atoms with Crippen LogP contribution < -0.4 is 5.32 Å². The van der Waals surface area contributed by atoms with Crippen molar-refractivity contribution in [3.8, 4) is 0 Å². The maximum absolute atomic E-state index is 12.4. The molecule has 2 atom stereocenters. The van der Waals surface area contributed by atoms with Gasteiger partial charge in [0.2, 0.25) is 0 Å². The predicted octanol–water partition coefficient (Wildman–Crippen LogP) is 3.34. The standard InChI is InChI=1S/C16H15Cl2F3N4O2/c17-10-1-2-12(13(18)5-10)15(7-25-9-22-8-24-25)4-3-11(27-15)6-23-14(26)16(19,20)21/h1-2,5,8-9,11H,3-4,6-7H2,(H,23,26)/t11-,15+/m1/s1. The van der Waals surface area contributed by atoms with Gasteiger partial charge in [-0.05, 0) is 25.0 Å². The van der Waals surface area contributed by atoms with E-state index < -0.39 is 23.8 Å². The molecule has 0 unspecified atom stereocenters. The van der Waals surface area contributed by atoms with E-state index in [2.05, 4.69) is 10.1 Å². The van der Waals surface area contributed by atoms with Crippen molar-refractivity contribution in [3.63, 3.8) is 0 Å². The lowest BCUT2D eigenvalue weighted by Crippen LogP contribution is -2.41. The van der Waals surface area contributed by atoms with E-state index in [4.69, 9.17) is 27.9 Å². The van der Waals surface area contributed by atoms with E-state index in [0.29, 0.717) is 28.5 Å². The summed E-state index contributed by atoms with van der Waals surface area (Å²) in [6.07, 6.45) is -1.75. The van der Waals surface area contributed by atoms with Gasteiger partial charge in [0.05, 0.1) is 12.6 Å². The van der Waals surface area contributed by atoms with Crippen LogP contribution in [-0.2, 0) is 21.7 Å². The van der Waals surface area contributed by atoms with Crippen LogP contribution in [0.5, 0.6) is 0 Å². The molecule has 1 aliphatic rings. The maximum Gasteiger partial charge on any atom is 0.471 e. The SMILES string of the molecule is O=C(NC[C@H]1CC[C@](Cn2cncn2)(c2ccc(Cl)cc2Cl)O1)C(F)(F)F. The average Bonchev–Trinajstić information content (AvgIpc) is 3.22. The molecule has 1 aliphatic heterocycles. The molecule has 1 aromatic carbocycles. The third-order valence-corrected chi connectivity index (χ3v) is 4.86. The zero-order valence-electron chi connectivity index (χ0n) is 13.8. The Kier molecular flexibility index (Phi) is 5.64. The molecule has 1 fully saturated rings. The number of carbonyl (C=O) groups is 1. The van der Waals surface area contributed by atoms with Crippen LogP contribution in [0.4, 0.5) is 13.2 Å². The van der Waals surface area contributed by atoms with Crippen LogP contribution >= 0.6 is 23.2 Å². The fraction of sp³-hybridized carbons (Fsp3) is 0.438. The summed E-state index contributed by atoms with van der Waals surface area (Å²) in [5.74, 6) is -2.00. The fourth-order valence-electron chi connectivity index (χ4n) is 3.12. The first-order valence-corrected chi connectivity index (χ1v) is 8.76. The molecule has 1 aromatic heterocycles. The van der Waals surface area contributed by atoms with Crippen LogP contribution in [0.3, 0.4) is 0 Å². The molecule has 146 valence electrons. The number of hydrogen-bond donors (Lipinski definition) is 1. The van der Waals surface area contributed by atoms with Gasteiger partial charge < -0.3 is 10.1 Å². The Bertz CT molecular complexity index is 816. The van der Waals surface area contributed by atoms with Gasteiger partial charge in [0.15, 0.2) is 0 Å². The van der Waals surface area contributed by atoms with Crippen molar-refractivity contribution < 1.29 is 22.7 Å². The lowest BCUT2D eigenvalue weighted by molar-refractivity contribution is -0.174. The summed E-state index contributed by atoms with van der Waals surface area (Å²) in [4.78, 5) is 14.9. The number of hydrogen-bond acceptors (Lipinski definition) is 4. The van der Waals surface area contributed by atoms with Gasteiger partial charge in [0.25, 0.3) is 0 Å². The molecule has 1 N–H and O–H groups in total. The van der Waals surface area contributed by atoms with Crippen LogP contribution in [0, 0.1) is 0 Å². The Morgan fingerprint density at radius 3 is 2.81 bits per heavy atom. The number of carbonyl (C=O) groups excluding carboxylic acids is 1. The second-order valence-electron chi connectivity index (χ2n) is 6.20. The van der Waals surface area contributed by atoms with Crippen molar-refractivity contribution in [2.45, 2.75) is 37.3 Å². The molecule has 0 aliphatic carbocycles. The van der Waals surface area contributed by atoms with E-state index >= 15 is 0 Å². The summed E-state index contributed by atoms with van der Waals surface area (Å²) in [5.41, 5.74) is -0.281. The van der Waals surface area contributed by atoms with E-state index in [1.54, 1.807) is 22.9 Å². The van der Waals surface area contributed by atoms with Crippen LogP contribution in [0.2, 0.25) is 10.0 Å². The number of amides is 1. The minimum atomic E-state index is -4.93. The fourth-order valence-corrected chi connectivity index (χ4v) is 3.70. The number of halogens is 5. The highest BCUT2D eigenvalue weighted by Gasteiger charge is 2.45. The summed E-state index contributed by atoms with van der Waals surface area (Å²) in [7, 11) is 0. The molecule has 0 bridgehead atoms. The zero-order valence-corrected chi connectivity index (χ0v) is 15.4. The third-order valence-electron chi connectivity index (χ3n) is 4.32. The second-order valence-corrected chi connectivity index (χ2v) is 7.04. The Balaban J connectivity index is 1.81. The topological polar surface area (TPSA) is 69.0 Å². The highest BCUT2D eigenvalue weighted by molar-refractivity contribution is 6.35. The van der Waals surface area contributed by atoms with Crippen molar-refractivity contribution in [2.75, 3.05) is 6.54 Å². The highest BCUT2D eigenvalue weighted by atomic mass is 35.5. The molecule has 2 aromatic rings. The molecular weight excluding hydrogens is 408 g/mol. The largest absolute Gasteiger partial charge is 0.471 e. The first-order chi connectivity index (χ1) is 12.7. The van der Waals surface area contributed by atoms with Crippen LogP contribution in [0.1, 0.15) is 18.4 Å². The molecular formula is C16H15Cl2F3N4O2. The maximum atomic E-state index is 12.4. The summed E-state index contributed by atoms with van der Waals surface area (Å²) in [5, 5.41) is 6.75. The lowest BCUT2D eigenvalue weighted by atomic mass is 9.90. The van der Waals surface area contributed by atoms with Crippen molar-refractivity contribution in [3.05, 3.63) is 46.5 Å². The second kappa shape index (κ2) is 7.65. The molecule has 0 saturated carbocycles. The van der Waals surface area contributed by atoms with Crippen molar-refractivity contribution in [2.24, 2.45) is 0 Å². The quantitative estimate of drug-likeness (QED) is 0.801. The smallest absolute Gasteiger partial charge is 0.363 e. The average molecular weight is 423 g/mol. The van der Waals surface area contributed by atoms with Crippen molar-refractivity contribution >= 4 is 29.1 Å². The van der Waals surface area contributed by atoms with Gasteiger partial charge in [0, 0.05) is 22.2 Å². The lowest BCUT2D eigenvalue weighted by Gasteiger charge is -2.31. The molecule has 1 saturated heterocycles. The monoisotopic (exact) mass is 422 g/mol. The number of nitrogens with one attached hydrogen (secondary N) is 1. The van der Waals surface area contributed by atoms with Crippen LogP contribution in [0.25, 0.3) is 0 Å². The number of alkyl halides is 3. The van der Waals surface area contributed by atoms with Crippen LogP contribution in [0.15, 0.2) is 30.9 Å². The first-order valence-electron chi connectivity index (χ1n) is 8.00. The van der Waals surface area contributed by atoms with E-state index in [1.807, 2.05) is 5.32 Å². The Morgan fingerprint density at radius 1 is 1.41 bits per heavy atom. The van der Waals surface area contributed by atoms with E-state index in [-0.39, 0.29) is 13.1 Å².